The zero-order chi connectivity index (χ0) is 28.2. The zero-order valence-corrected chi connectivity index (χ0v) is 21.8. The van der Waals surface area contributed by atoms with Crippen molar-refractivity contribution in [2.45, 2.75) is 82.5 Å². The van der Waals surface area contributed by atoms with E-state index in [1.165, 1.54) is 12.5 Å². The van der Waals surface area contributed by atoms with Crippen molar-refractivity contribution in [3.05, 3.63) is 41.5 Å². The summed E-state index contributed by atoms with van der Waals surface area (Å²) in [6.45, 7) is 3.03. The van der Waals surface area contributed by atoms with Crippen LogP contribution in [0, 0.1) is 0 Å². The van der Waals surface area contributed by atoms with E-state index in [2.05, 4.69) is 21.7 Å². The van der Waals surface area contributed by atoms with E-state index in [0.29, 0.717) is 13.1 Å². The first kappa shape index (κ1) is 28.9. The number of carbonyl (C=O) groups is 1. The van der Waals surface area contributed by atoms with E-state index in [1.54, 1.807) is 0 Å². The summed E-state index contributed by atoms with van der Waals surface area (Å²) < 4.78 is 66.5. The summed E-state index contributed by atoms with van der Waals surface area (Å²) in [5.41, 5.74) is 2.18. The van der Waals surface area contributed by atoms with Gasteiger partial charge in [-0.05, 0) is 61.9 Å². The molecule has 1 saturated carbocycles. The topological polar surface area (TPSA) is 94.3 Å². The lowest BCUT2D eigenvalue weighted by molar-refractivity contribution is -0.906. The highest BCUT2D eigenvalue weighted by Gasteiger charge is 2.48. The summed E-state index contributed by atoms with van der Waals surface area (Å²) in [5.74, 6) is -4.01. The van der Waals surface area contributed by atoms with Gasteiger partial charge in [0.1, 0.15) is 18.1 Å². The van der Waals surface area contributed by atoms with E-state index >= 15 is 0 Å². The van der Waals surface area contributed by atoms with Crippen LogP contribution >= 0.6 is 0 Å². The van der Waals surface area contributed by atoms with E-state index < -0.39 is 24.0 Å². The first-order valence-electron chi connectivity index (χ1n) is 13.2. The summed E-state index contributed by atoms with van der Waals surface area (Å²) in [6, 6.07) is 3.98. The van der Waals surface area contributed by atoms with E-state index in [1.807, 2.05) is 11.0 Å². The van der Waals surface area contributed by atoms with Crippen LogP contribution in [0.3, 0.4) is 0 Å². The second-order valence-electron chi connectivity index (χ2n) is 10.3. The van der Waals surface area contributed by atoms with Gasteiger partial charge in [0, 0.05) is 50.2 Å². The van der Waals surface area contributed by atoms with Crippen molar-refractivity contribution in [3.63, 3.8) is 0 Å². The van der Waals surface area contributed by atoms with Crippen LogP contribution in [0.5, 0.6) is 0 Å². The molecule has 1 aliphatic heterocycles. The lowest BCUT2D eigenvalue weighted by Crippen LogP contribution is -2.52. The molecular formula is C26H34F5N6O2+. The van der Waals surface area contributed by atoms with Crippen LogP contribution in [-0.4, -0.2) is 63.5 Å². The molecule has 39 heavy (non-hydrogen) atoms. The number of nitrogens with one attached hydrogen (secondary N) is 2. The monoisotopic (exact) mass is 557 g/mol. The number of pyridine rings is 1. The standard InChI is InChI=1S/C26H33F5N6O2/c1-17(38)21(35-22-9-12-33-24(37(22)39)26(29,30)31)10-14-36(20-15-25(27,28)16-20)13-3-2-6-19-8-7-18-5-4-11-32-23(18)34-19/h7-9,12,20-21,39H,2-6,10-11,13-16H2,1H3,(H,32,34)/p+1/t21-/m0/s1. The number of nitrogens with zero attached hydrogens (tertiary/aromatic N) is 4. The second-order valence-corrected chi connectivity index (χ2v) is 10.3. The first-order valence-corrected chi connectivity index (χ1v) is 13.2. The van der Waals surface area contributed by atoms with Crippen molar-refractivity contribution in [2.75, 3.05) is 30.3 Å². The third-order valence-corrected chi connectivity index (χ3v) is 7.29. The zero-order valence-electron chi connectivity index (χ0n) is 21.8. The maximum Gasteiger partial charge on any atom is 0.485 e. The van der Waals surface area contributed by atoms with Crippen LogP contribution in [0.25, 0.3) is 0 Å². The molecule has 2 aliphatic rings. The predicted octanol–water partition coefficient (Wildman–Crippen LogP) is 4.26. The molecule has 3 N–H and O–H groups in total. The van der Waals surface area contributed by atoms with Crippen LogP contribution in [0.1, 0.15) is 62.5 Å². The molecule has 8 nitrogen and oxygen atoms in total. The molecule has 1 atom stereocenters. The third-order valence-electron chi connectivity index (χ3n) is 7.29. The molecule has 1 fully saturated rings. The van der Waals surface area contributed by atoms with Gasteiger partial charge in [-0.3, -0.25) is 15.0 Å². The van der Waals surface area contributed by atoms with Crippen LogP contribution in [0.2, 0.25) is 0 Å². The number of Topliss-reactive ketones (excluding diaryl/α,β-unsaturated/α-hetero) is 1. The molecule has 0 unspecified atom stereocenters. The summed E-state index contributed by atoms with van der Waals surface area (Å²) in [5, 5.41) is 16.0. The number of ketones is 1. The van der Waals surface area contributed by atoms with Gasteiger partial charge in [-0.2, -0.15) is 13.2 Å². The molecule has 0 amide bonds. The molecule has 3 heterocycles. The Bertz CT molecular complexity index is 1150. The average Bonchev–Trinajstić information content (AvgIpc) is 2.86. The third kappa shape index (κ3) is 7.52. The van der Waals surface area contributed by atoms with Gasteiger partial charge in [0.25, 0.3) is 11.7 Å². The highest BCUT2D eigenvalue weighted by molar-refractivity contribution is 5.83. The molecule has 214 valence electrons. The lowest BCUT2D eigenvalue weighted by Gasteiger charge is -2.43. The van der Waals surface area contributed by atoms with Crippen molar-refractivity contribution < 1.29 is 36.7 Å². The van der Waals surface area contributed by atoms with Gasteiger partial charge >= 0.3 is 12.0 Å². The van der Waals surface area contributed by atoms with Gasteiger partial charge in [0.2, 0.25) is 0 Å². The normalized spacial score (nSPS) is 17.7. The van der Waals surface area contributed by atoms with Crippen molar-refractivity contribution in [1.29, 1.82) is 0 Å². The molecule has 2 aromatic heterocycles. The molecule has 0 saturated heterocycles. The van der Waals surface area contributed by atoms with Gasteiger partial charge in [-0.25, -0.2) is 13.8 Å². The largest absolute Gasteiger partial charge is 0.485 e. The van der Waals surface area contributed by atoms with Crippen LogP contribution in [0.4, 0.5) is 33.6 Å². The van der Waals surface area contributed by atoms with Crippen LogP contribution < -0.4 is 15.4 Å². The number of rotatable bonds is 12. The van der Waals surface area contributed by atoms with E-state index in [0.717, 1.165) is 62.4 Å². The van der Waals surface area contributed by atoms with Gasteiger partial charge in [-0.1, -0.05) is 6.07 Å². The number of hydrogen-bond acceptors (Lipinski definition) is 7. The number of carbonyl (C=O) groups excluding carboxylic acids is 1. The summed E-state index contributed by atoms with van der Waals surface area (Å²) in [4.78, 5) is 22.1. The number of fused-ring (bicyclic) bond motifs is 1. The minimum atomic E-state index is -4.89. The molecule has 13 heteroatoms. The van der Waals surface area contributed by atoms with Crippen LogP contribution in [-0.2, 0) is 23.8 Å². The number of aromatic nitrogens is 3. The minimum Gasteiger partial charge on any atom is -0.371 e. The Morgan fingerprint density at radius 1 is 1.26 bits per heavy atom. The predicted molar refractivity (Wildman–Crippen MR) is 133 cm³/mol. The fourth-order valence-corrected chi connectivity index (χ4v) is 5.06. The first-order chi connectivity index (χ1) is 18.4. The van der Waals surface area contributed by atoms with Crippen molar-refractivity contribution in [3.8, 4) is 0 Å². The highest BCUT2D eigenvalue weighted by atomic mass is 19.4. The number of anilines is 2. The number of aryl methyl sites for hydroxylation is 2. The Balaban J connectivity index is 1.34. The molecule has 0 radical (unpaired) electrons. The van der Waals surface area contributed by atoms with E-state index in [4.69, 9.17) is 4.98 Å². The molecule has 0 bridgehead atoms. The Kier molecular flexibility index (Phi) is 8.87. The van der Waals surface area contributed by atoms with E-state index in [-0.39, 0.29) is 41.6 Å². The van der Waals surface area contributed by atoms with Gasteiger partial charge in [-0.15, -0.1) is 4.98 Å². The van der Waals surface area contributed by atoms with Crippen molar-refractivity contribution in [2.24, 2.45) is 0 Å². The molecule has 4 rings (SSSR count). The maximum atomic E-state index is 13.7. The van der Waals surface area contributed by atoms with Gasteiger partial charge in [0.05, 0.1) is 0 Å². The Labute approximate surface area is 223 Å². The second kappa shape index (κ2) is 12.0. The molecule has 2 aromatic rings. The quantitative estimate of drug-likeness (QED) is 0.155. The summed E-state index contributed by atoms with van der Waals surface area (Å²) in [7, 11) is 0. The van der Waals surface area contributed by atoms with E-state index in [9.17, 15) is 32.0 Å². The lowest BCUT2D eigenvalue weighted by atomic mass is 9.86. The minimum absolute atomic E-state index is 0.134. The SMILES string of the molecule is CC(=O)[C@H](CCN(CCCCc1ccc2c(n1)NCCC2)C1CC(F)(F)C1)Nc1ccnc(C(F)(F)F)[n+]1O. The maximum absolute atomic E-state index is 13.7. The molecular weight excluding hydrogens is 523 g/mol. The Morgan fingerprint density at radius 2 is 2.03 bits per heavy atom. The Morgan fingerprint density at radius 3 is 2.72 bits per heavy atom. The molecule has 0 spiro atoms. The molecule has 0 aromatic carbocycles. The highest BCUT2D eigenvalue weighted by Crippen LogP contribution is 2.40. The summed E-state index contributed by atoms with van der Waals surface area (Å²) >= 11 is 0. The molecule has 1 aliphatic carbocycles. The van der Waals surface area contributed by atoms with Crippen molar-refractivity contribution >= 4 is 17.4 Å². The number of unbranched alkanes of at least 4 members (excludes halogenated alkanes) is 1. The average molecular weight is 558 g/mol. The fraction of sp³-hybridized carbons (Fsp3) is 0.615. The smallest absolute Gasteiger partial charge is 0.371 e. The van der Waals surface area contributed by atoms with Crippen molar-refractivity contribution in [1.82, 2.24) is 14.9 Å². The number of hydrogen-bond donors (Lipinski definition) is 3. The number of halogens is 5. The Hall–Kier alpha value is -3.09. The van der Waals surface area contributed by atoms with Gasteiger partial charge in [0.15, 0.2) is 5.78 Å². The van der Waals surface area contributed by atoms with Crippen LogP contribution in [0.15, 0.2) is 24.4 Å². The summed E-state index contributed by atoms with van der Waals surface area (Å²) in [6.07, 6.45) is 0.0143. The van der Waals surface area contributed by atoms with Gasteiger partial charge < -0.3 is 10.5 Å². The number of alkyl halides is 5. The fourth-order valence-electron chi connectivity index (χ4n) is 5.06.